The molecule has 142 valence electrons. The number of hydrogen-bond acceptors (Lipinski definition) is 6. The number of pyridine rings is 1. The van der Waals surface area contributed by atoms with E-state index in [2.05, 4.69) is 15.6 Å². The number of nitrogens with one attached hydrogen (secondary N) is 2. The highest BCUT2D eigenvalue weighted by atomic mass is 16.7. The number of methoxy groups -OCH3 is 1. The van der Waals surface area contributed by atoms with Crippen molar-refractivity contribution < 1.29 is 19.0 Å². The average molecular weight is 377 g/mol. The Morgan fingerprint density at radius 1 is 1.07 bits per heavy atom. The molecule has 0 radical (unpaired) electrons. The number of hydrogen-bond donors (Lipinski definition) is 2. The molecule has 2 heterocycles. The maximum atomic E-state index is 12.4. The molecule has 1 aromatic heterocycles. The van der Waals surface area contributed by atoms with E-state index in [1.807, 2.05) is 42.5 Å². The maximum absolute atomic E-state index is 12.4. The zero-order valence-corrected chi connectivity index (χ0v) is 15.3. The Morgan fingerprint density at radius 3 is 2.64 bits per heavy atom. The van der Waals surface area contributed by atoms with Crippen LogP contribution in [0.3, 0.4) is 0 Å². The van der Waals surface area contributed by atoms with Crippen LogP contribution in [0.25, 0.3) is 0 Å². The third kappa shape index (κ3) is 3.98. The lowest BCUT2D eigenvalue weighted by Crippen LogP contribution is -2.22. The van der Waals surface area contributed by atoms with Crippen LogP contribution in [-0.4, -0.2) is 24.8 Å². The molecule has 0 unspecified atom stereocenters. The monoisotopic (exact) mass is 377 g/mol. The number of carbonyl (C=O) groups is 1. The molecule has 0 bridgehead atoms. The van der Waals surface area contributed by atoms with Gasteiger partial charge in [-0.25, -0.2) is 4.98 Å². The average Bonchev–Trinajstić information content (AvgIpc) is 3.21. The summed E-state index contributed by atoms with van der Waals surface area (Å²) in [6.07, 6.45) is 1.54. The van der Waals surface area contributed by atoms with Gasteiger partial charge in [0.2, 0.25) is 6.79 Å². The van der Waals surface area contributed by atoms with E-state index >= 15 is 0 Å². The summed E-state index contributed by atoms with van der Waals surface area (Å²) in [5.74, 6) is 2.66. The van der Waals surface area contributed by atoms with Crippen molar-refractivity contribution in [2.24, 2.45) is 0 Å². The molecule has 2 aromatic carbocycles. The summed E-state index contributed by atoms with van der Waals surface area (Å²) in [6.45, 7) is 0.620. The van der Waals surface area contributed by atoms with Crippen molar-refractivity contribution in [3.8, 4) is 17.2 Å². The fourth-order valence-electron chi connectivity index (χ4n) is 2.76. The van der Waals surface area contributed by atoms with E-state index in [0.29, 0.717) is 23.7 Å². The van der Waals surface area contributed by atoms with Crippen LogP contribution in [0.4, 0.5) is 11.5 Å². The molecule has 7 heteroatoms. The van der Waals surface area contributed by atoms with Gasteiger partial charge >= 0.3 is 0 Å². The smallest absolute Gasteiger partial charge is 0.253 e. The number of carbonyl (C=O) groups excluding carboxylic acids is 1. The number of ether oxygens (including phenoxy) is 3. The number of fused-ring (bicyclic) bond motifs is 1. The summed E-state index contributed by atoms with van der Waals surface area (Å²) < 4.78 is 15.8. The summed E-state index contributed by atoms with van der Waals surface area (Å²) in [6, 6.07) is 16.6. The summed E-state index contributed by atoms with van der Waals surface area (Å²) in [5.41, 5.74) is 2.30. The second kappa shape index (κ2) is 7.87. The van der Waals surface area contributed by atoms with Crippen molar-refractivity contribution in [1.82, 2.24) is 10.3 Å². The number of nitrogens with zero attached hydrogens (tertiary/aromatic N) is 1. The van der Waals surface area contributed by atoms with Crippen LogP contribution < -0.4 is 24.8 Å². The number of amides is 1. The van der Waals surface area contributed by atoms with Gasteiger partial charge in [-0.15, -0.1) is 0 Å². The van der Waals surface area contributed by atoms with E-state index in [9.17, 15) is 4.79 Å². The van der Waals surface area contributed by atoms with Gasteiger partial charge in [0, 0.05) is 18.4 Å². The molecule has 2 N–H and O–H groups in total. The van der Waals surface area contributed by atoms with Crippen molar-refractivity contribution in [3.05, 3.63) is 71.9 Å². The molecule has 1 aliphatic heterocycles. The third-order valence-corrected chi connectivity index (χ3v) is 4.28. The predicted octanol–water partition coefficient (Wildman–Crippen LogP) is 3.49. The lowest BCUT2D eigenvalue weighted by Gasteiger charge is -2.08. The summed E-state index contributed by atoms with van der Waals surface area (Å²) >= 11 is 0. The van der Waals surface area contributed by atoms with Crippen LogP contribution in [0, 0.1) is 0 Å². The number of rotatable bonds is 6. The molecule has 1 amide bonds. The lowest BCUT2D eigenvalue weighted by atomic mass is 10.2. The molecule has 0 saturated heterocycles. The van der Waals surface area contributed by atoms with Crippen LogP contribution in [0.15, 0.2) is 60.8 Å². The molecule has 3 aromatic rings. The Hall–Kier alpha value is -3.74. The standard InChI is InChI=1S/C21H19N3O4/c1-26-17-6-4-16(5-7-17)24-20-9-3-15(12-22-20)21(25)23-11-14-2-8-18-19(10-14)28-13-27-18/h2-10,12H,11,13H2,1H3,(H,22,24)(H,23,25). The third-order valence-electron chi connectivity index (χ3n) is 4.28. The van der Waals surface area contributed by atoms with Gasteiger partial charge in [0.1, 0.15) is 11.6 Å². The van der Waals surface area contributed by atoms with Crippen molar-refractivity contribution in [2.75, 3.05) is 19.2 Å². The van der Waals surface area contributed by atoms with Crippen LogP contribution >= 0.6 is 0 Å². The minimum atomic E-state index is -0.193. The molecular weight excluding hydrogens is 358 g/mol. The highest BCUT2D eigenvalue weighted by Gasteiger charge is 2.13. The molecule has 0 fully saturated rings. The predicted molar refractivity (Wildman–Crippen MR) is 104 cm³/mol. The zero-order valence-electron chi connectivity index (χ0n) is 15.3. The van der Waals surface area contributed by atoms with E-state index in [0.717, 1.165) is 22.7 Å². The van der Waals surface area contributed by atoms with Gasteiger partial charge in [0.05, 0.1) is 12.7 Å². The molecule has 0 aliphatic carbocycles. The van der Waals surface area contributed by atoms with Gasteiger partial charge < -0.3 is 24.8 Å². The van der Waals surface area contributed by atoms with Gasteiger partial charge in [-0.2, -0.15) is 0 Å². The first-order valence-corrected chi connectivity index (χ1v) is 8.75. The highest BCUT2D eigenvalue weighted by Crippen LogP contribution is 2.32. The van der Waals surface area contributed by atoms with Crippen LogP contribution in [-0.2, 0) is 6.54 Å². The fraction of sp³-hybridized carbons (Fsp3) is 0.143. The molecular formula is C21H19N3O4. The number of anilines is 2. The molecule has 4 rings (SSSR count). The fourth-order valence-corrected chi connectivity index (χ4v) is 2.76. The largest absolute Gasteiger partial charge is 0.497 e. The van der Waals surface area contributed by atoms with Gasteiger partial charge in [0.25, 0.3) is 5.91 Å². The molecule has 7 nitrogen and oxygen atoms in total. The van der Waals surface area contributed by atoms with Crippen molar-refractivity contribution >= 4 is 17.4 Å². The number of benzene rings is 2. The van der Waals surface area contributed by atoms with Crippen LogP contribution in [0.1, 0.15) is 15.9 Å². The maximum Gasteiger partial charge on any atom is 0.253 e. The quantitative estimate of drug-likeness (QED) is 0.684. The SMILES string of the molecule is COc1ccc(Nc2ccc(C(=O)NCc3ccc4c(c3)OCO4)cn2)cc1. The van der Waals surface area contributed by atoms with Crippen molar-refractivity contribution in [1.29, 1.82) is 0 Å². The minimum Gasteiger partial charge on any atom is -0.497 e. The molecule has 0 saturated carbocycles. The Morgan fingerprint density at radius 2 is 1.89 bits per heavy atom. The van der Waals surface area contributed by atoms with Gasteiger partial charge in [-0.1, -0.05) is 6.07 Å². The zero-order chi connectivity index (χ0) is 19.3. The summed E-state index contributed by atoms with van der Waals surface area (Å²) in [5, 5.41) is 6.06. The van der Waals surface area contributed by atoms with Gasteiger partial charge in [0.15, 0.2) is 11.5 Å². The van der Waals surface area contributed by atoms with E-state index in [1.165, 1.54) is 0 Å². The lowest BCUT2D eigenvalue weighted by molar-refractivity contribution is 0.0950. The van der Waals surface area contributed by atoms with Gasteiger partial charge in [-0.05, 0) is 54.1 Å². The van der Waals surface area contributed by atoms with Crippen molar-refractivity contribution in [3.63, 3.8) is 0 Å². The Balaban J connectivity index is 1.34. The van der Waals surface area contributed by atoms with E-state index in [1.54, 1.807) is 25.4 Å². The molecule has 28 heavy (non-hydrogen) atoms. The van der Waals surface area contributed by atoms with Gasteiger partial charge in [-0.3, -0.25) is 4.79 Å². The second-order valence-electron chi connectivity index (χ2n) is 6.16. The molecule has 1 aliphatic rings. The molecule has 0 atom stereocenters. The Labute approximate surface area is 162 Å². The minimum absolute atomic E-state index is 0.193. The normalized spacial score (nSPS) is 11.8. The first kappa shape index (κ1) is 17.7. The molecule has 0 spiro atoms. The Kier molecular flexibility index (Phi) is 4.97. The van der Waals surface area contributed by atoms with E-state index in [-0.39, 0.29) is 12.7 Å². The first-order chi connectivity index (χ1) is 13.7. The first-order valence-electron chi connectivity index (χ1n) is 8.75. The summed E-state index contributed by atoms with van der Waals surface area (Å²) in [7, 11) is 1.63. The highest BCUT2D eigenvalue weighted by molar-refractivity contribution is 5.94. The van der Waals surface area contributed by atoms with E-state index in [4.69, 9.17) is 14.2 Å². The summed E-state index contributed by atoms with van der Waals surface area (Å²) in [4.78, 5) is 16.7. The van der Waals surface area contributed by atoms with E-state index < -0.39 is 0 Å². The number of aromatic nitrogens is 1. The second-order valence-corrected chi connectivity index (χ2v) is 6.16. The Bertz CT molecular complexity index is 972. The van der Waals surface area contributed by atoms with Crippen LogP contribution in [0.5, 0.6) is 17.2 Å². The van der Waals surface area contributed by atoms with Crippen molar-refractivity contribution in [2.45, 2.75) is 6.54 Å². The van der Waals surface area contributed by atoms with Crippen LogP contribution in [0.2, 0.25) is 0 Å². The topological polar surface area (TPSA) is 81.7 Å².